The number of nitrogens with one attached hydrogen (secondary N) is 1. The maximum absolute atomic E-state index is 10.6. The van der Waals surface area contributed by atoms with Crippen LogP contribution in [0.15, 0.2) is 0 Å². The molecule has 0 aromatic carbocycles. The Bertz CT molecular complexity index is 72.0. The molecule has 1 rings (SSSR count). The van der Waals surface area contributed by atoms with Crippen LogP contribution in [-0.4, -0.2) is 36.8 Å². The van der Waals surface area contributed by atoms with Gasteiger partial charge >= 0.3 is 0 Å². The summed E-state index contributed by atoms with van der Waals surface area (Å²) in [5.74, 6) is 0. The summed E-state index contributed by atoms with van der Waals surface area (Å²) in [6, 6.07) is 0. The van der Waals surface area contributed by atoms with Gasteiger partial charge < -0.3 is 26.0 Å². The third-order valence-corrected chi connectivity index (χ3v) is 1.30. The Kier molecular flexibility index (Phi) is 6.95. The molecule has 1 saturated heterocycles. The maximum Gasteiger partial charge on any atom is 0.104 e. The zero-order valence-electron chi connectivity index (χ0n) is 6.02. The number of hydrogen-bond acceptors (Lipinski definition) is 2. The van der Waals surface area contributed by atoms with Gasteiger partial charge in [-0.25, -0.2) is 0 Å². The number of morpholine rings is 1. The fourth-order valence-corrected chi connectivity index (χ4v) is 0.856. The summed E-state index contributed by atoms with van der Waals surface area (Å²) in [6.07, 6.45) is 0.163. The summed E-state index contributed by atoms with van der Waals surface area (Å²) in [4.78, 5) is 0. The van der Waals surface area contributed by atoms with E-state index < -0.39 is 0 Å². The highest BCUT2D eigenvalue weighted by atomic mass is 16.5. The molecule has 5 N–H and O–H groups in total. The lowest BCUT2D eigenvalue weighted by molar-refractivity contribution is -0.861. The molecule has 5 nitrogen and oxygen atoms in total. The second-order valence-corrected chi connectivity index (χ2v) is 2.17. The first-order chi connectivity index (χ1) is 3.79. The number of hydroxylamine groups is 2. The predicted octanol–water partition coefficient (Wildman–Crippen LogP) is -2.86. The first kappa shape index (κ1) is 12.5. The van der Waals surface area contributed by atoms with Crippen molar-refractivity contribution in [3.05, 3.63) is 5.21 Å². The van der Waals surface area contributed by atoms with Gasteiger partial charge in [0.05, 0.1) is 6.61 Å². The largest absolute Gasteiger partial charge is 0.634 e. The second-order valence-electron chi connectivity index (χ2n) is 2.17. The number of quaternary nitrogens is 1. The molecule has 2 atom stereocenters. The lowest BCUT2D eigenvalue weighted by Crippen LogP contribution is -3.10. The minimum Gasteiger partial charge on any atom is -0.634 e. The molecule has 5 heteroatoms. The van der Waals surface area contributed by atoms with Gasteiger partial charge in [-0.15, -0.1) is 0 Å². The fraction of sp³-hybridized carbons (Fsp3) is 1.00. The number of hydrogen-bond donors (Lipinski definition) is 1. The van der Waals surface area contributed by atoms with Crippen LogP contribution in [0.1, 0.15) is 6.92 Å². The van der Waals surface area contributed by atoms with Crippen molar-refractivity contribution in [2.75, 3.05) is 19.7 Å². The maximum atomic E-state index is 10.6. The van der Waals surface area contributed by atoms with E-state index in [0.29, 0.717) is 24.8 Å². The average Bonchev–Trinajstić information content (AvgIpc) is 1.64. The van der Waals surface area contributed by atoms with Crippen LogP contribution >= 0.6 is 0 Å². The van der Waals surface area contributed by atoms with E-state index in [0.717, 1.165) is 0 Å². The quantitative estimate of drug-likeness (QED) is 0.378. The molecule has 2 unspecified atom stereocenters. The molecule has 0 saturated carbocycles. The van der Waals surface area contributed by atoms with Crippen molar-refractivity contribution in [1.29, 1.82) is 0 Å². The molecule has 0 spiro atoms. The minimum atomic E-state index is 0. The van der Waals surface area contributed by atoms with E-state index in [-0.39, 0.29) is 17.1 Å². The summed E-state index contributed by atoms with van der Waals surface area (Å²) in [5.41, 5.74) is 0. The van der Waals surface area contributed by atoms with Crippen molar-refractivity contribution in [3.8, 4) is 0 Å². The van der Waals surface area contributed by atoms with Crippen LogP contribution in [0.25, 0.3) is 0 Å². The third kappa shape index (κ3) is 3.76. The molecular weight excluding hydrogens is 138 g/mol. The molecule has 1 aliphatic heterocycles. The fourth-order valence-electron chi connectivity index (χ4n) is 0.856. The normalized spacial score (nSPS) is 31.8. The first-order valence-electron chi connectivity index (χ1n) is 2.92. The van der Waals surface area contributed by atoms with Crippen molar-refractivity contribution in [2.24, 2.45) is 0 Å². The van der Waals surface area contributed by atoms with E-state index in [4.69, 9.17) is 4.74 Å². The van der Waals surface area contributed by atoms with E-state index >= 15 is 0 Å². The molecule has 0 amide bonds. The molecule has 0 aromatic rings. The van der Waals surface area contributed by atoms with Crippen LogP contribution in [0.2, 0.25) is 0 Å². The first-order valence-corrected chi connectivity index (χ1v) is 2.92. The van der Waals surface area contributed by atoms with Crippen LogP contribution in [0.4, 0.5) is 0 Å². The monoisotopic (exact) mass is 153 g/mol. The molecule has 1 heterocycles. The van der Waals surface area contributed by atoms with Crippen molar-refractivity contribution in [2.45, 2.75) is 13.0 Å². The molecule has 10 heavy (non-hydrogen) atoms. The number of ether oxygens (including phenoxy) is 1. The summed E-state index contributed by atoms with van der Waals surface area (Å²) >= 11 is 0. The van der Waals surface area contributed by atoms with E-state index in [1.165, 1.54) is 0 Å². The standard InChI is InChI=1S/C5H11NO2.2H2O/c1-5-4-6(7)2-3-8-5;;/h5-6H,2-4H2,1H3;2*1H2. The van der Waals surface area contributed by atoms with E-state index in [1.54, 1.807) is 0 Å². The Hall–Kier alpha value is -0.200. The van der Waals surface area contributed by atoms with Gasteiger partial charge in [0.15, 0.2) is 0 Å². The van der Waals surface area contributed by atoms with E-state index in [2.05, 4.69) is 0 Å². The Morgan fingerprint density at radius 3 is 2.40 bits per heavy atom. The van der Waals surface area contributed by atoms with Crippen LogP contribution in [0.3, 0.4) is 0 Å². The van der Waals surface area contributed by atoms with Gasteiger partial charge in [-0.05, 0) is 6.92 Å². The van der Waals surface area contributed by atoms with Gasteiger partial charge in [0.25, 0.3) is 0 Å². The van der Waals surface area contributed by atoms with Gasteiger partial charge in [0.1, 0.15) is 19.2 Å². The highest BCUT2D eigenvalue weighted by molar-refractivity contribution is 4.49. The smallest absolute Gasteiger partial charge is 0.104 e. The van der Waals surface area contributed by atoms with Gasteiger partial charge in [0, 0.05) is 0 Å². The third-order valence-electron chi connectivity index (χ3n) is 1.30. The van der Waals surface area contributed by atoms with E-state index in [9.17, 15) is 5.21 Å². The average molecular weight is 153 g/mol. The molecular formula is C5H15NO4. The minimum absolute atomic E-state index is 0. The van der Waals surface area contributed by atoms with Crippen LogP contribution in [-0.2, 0) is 4.74 Å². The Balaban J connectivity index is 0. The summed E-state index contributed by atoms with van der Waals surface area (Å²) in [6.45, 7) is 3.78. The zero-order valence-corrected chi connectivity index (χ0v) is 6.02. The highest BCUT2D eigenvalue weighted by Crippen LogP contribution is 1.87. The summed E-state index contributed by atoms with van der Waals surface area (Å²) in [7, 11) is 0. The molecule has 0 bridgehead atoms. The SMILES string of the molecule is CC1C[NH+]([O-])CCO1.O.O. The Morgan fingerprint density at radius 1 is 1.50 bits per heavy atom. The van der Waals surface area contributed by atoms with Gasteiger partial charge in [-0.2, -0.15) is 0 Å². The van der Waals surface area contributed by atoms with E-state index in [1.807, 2.05) is 6.92 Å². The second kappa shape index (κ2) is 5.57. The molecule has 0 radical (unpaired) electrons. The molecule has 0 aromatic heterocycles. The zero-order chi connectivity index (χ0) is 5.98. The van der Waals surface area contributed by atoms with Crippen molar-refractivity contribution < 1.29 is 20.8 Å². The summed E-state index contributed by atoms with van der Waals surface area (Å²) in [5, 5.41) is 10.9. The van der Waals surface area contributed by atoms with Gasteiger partial charge in [-0.1, -0.05) is 0 Å². The molecule has 1 fully saturated rings. The van der Waals surface area contributed by atoms with Gasteiger partial charge in [-0.3, -0.25) is 0 Å². The van der Waals surface area contributed by atoms with Crippen LogP contribution < -0.4 is 5.06 Å². The topological polar surface area (TPSA) is 99.7 Å². The number of rotatable bonds is 0. The molecule has 1 aliphatic rings. The van der Waals surface area contributed by atoms with Crippen LogP contribution in [0.5, 0.6) is 0 Å². The molecule has 0 aliphatic carbocycles. The summed E-state index contributed by atoms with van der Waals surface area (Å²) < 4.78 is 5.13. The Labute approximate surface area is 59.8 Å². The highest BCUT2D eigenvalue weighted by Gasteiger charge is 2.12. The van der Waals surface area contributed by atoms with Crippen molar-refractivity contribution in [1.82, 2.24) is 0 Å². The molecule has 64 valence electrons. The van der Waals surface area contributed by atoms with Crippen LogP contribution in [0, 0.1) is 5.21 Å². The lowest BCUT2D eigenvalue weighted by Gasteiger charge is -2.30. The van der Waals surface area contributed by atoms with Gasteiger partial charge in [0.2, 0.25) is 0 Å². The van der Waals surface area contributed by atoms with Crippen molar-refractivity contribution >= 4 is 0 Å². The Morgan fingerprint density at radius 2 is 2.10 bits per heavy atom. The lowest BCUT2D eigenvalue weighted by atomic mass is 10.3. The predicted molar refractivity (Wildman–Crippen MR) is 36.7 cm³/mol. The van der Waals surface area contributed by atoms with Crippen molar-refractivity contribution in [3.63, 3.8) is 0 Å².